The summed E-state index contributed by atoms with van der Waals surface area (Å²) in [5.74, 6) is 1.51. The second-order valence-electron chi connectivity index (χ2n) is 6.14. The number of aliphatic hydroxyl groups is 1. The average Bonchev–Trinajstić information content (AvgIpc) is 2.47. The van der Waals surface area contributed by atoms with Crippen LogP contribution in [0.1, 0.15) is 50.7 Å². The maximum atomic E-state index is 10.5. The van der Waals surface area contributed by atoms with E-state index >= 15 is 0 Å². The summed E-state index contributed by atoms with van der Waals surface area (Å²) in [7, 11) is 1.64. The standard InChI is InChI=1S/C17H24O4/c1-3-4-13-10-17(7-8-20-13)11-15(18)14-6-5-12(19-2)9-16(14)21-17/h5-6,9,13,15,18H,3-4,7-8,10-11H2,1-2H3/t13?,15-,17?/m1/s1. The Labute approximate surface area is 126 Å². The van der Waals surface area contributed by atoms with Crippen molar-refractivity contribution in [2.45, 2.75) is 56.8 Å². The van der Waals surface area contributed by atoms with E-state index in [1.165, 1.54) is 0 Å². The summed E-state index contributed by atoms with van der Waals surface area (Å²) in [5, 5.41) is 10.5. The minimum Gasteiger partial charge on any atom is -0.497 e. The van der Waals surface area contributed by atoms with E-state index in [-0.39, 0.29) is 11.7 Å². The molecule has 2 aliphatic rings. The normalized spacial score (nSPS) is 31.6. The van der Waals surface area contributed by atoms with Crippen molar-refractivity contribution in [2.75, 3.05) is 13.7 Å². The van der Waals surface area contributed by atoms with Crippen LogP contribution < -0.4 is 9.47 Å². The fraction of sp³-hybridized carbons (Fsp3) is 0.647. The van der Waals surface area contributed by atoms with Crippen molar-refractivity contribution >= 4 is 0 Å². The van der Waals surface area contributed by atoms with Crippen molar-refractivity contribution in [3.8, 4) is 11.5 Å². The highest BCUT2D eigenvalue weighted by atomic mass is 16.5. The first-order valence-corrected chi connectivity index (χ1v) is 7.82. The molecule has 3 atom stereocenters. The first-order chi connectivity index (χ1) is 10.2. The van der Waals surface area contributed by atoms with E-state index in [0.717, 1.165) is 42.7 Å². The van der Waals surface area contributed by atoms with Crippen LogP contribution >= 0.6 is 0 Å². The van der Waals surface area contributed by atoms with E-state index in [4.69, 9.17) is 14.2 Å². The van der Waals surface area contributed by atoms with Crippen LogP contribution in [0.3, 0.4) is 0 Å². The lowest BCUT2D eigenvalue weighted by Gasteiger charge is -2.45. The minimum atomic E-state index is -0.472. The predicted octanol–water partition coefficient (Wildman–Crippen LogP) is 3.23. The maximum Gasteiger partial charge on any atom is 0.129 e. The van der Waals surface area contributed by atoms with Crippen LogP contribution in [0.5, 0.6) is 11.5 Å². The van der Waals surface area contributed by atoms with Crippen molar-refractivity contribution in [2.24, 2.45) is 0 Å². The van der Waals surface area contributed by atoms with Crippen molar-refractivity contribution in [1.82, 2.24) is 0 Å². The lowest BCUT2D eigenvalue weighted by Crippen LogP contribution is -2.48. The number of fused-ring (bicyclic) bond motifs is 1. The third kappa shape index (κ3) is 2.87. The lowest BCUT2D eigenvalue weighted by atomic mass is 9.80. The molecule has 0 aliphatic carbocycles. The first kappa shape index (κ1) is 14.7. The topological polar surface area (TPSA) is 47.9 Å². The molecule has 2 unspecified atom stereocenters. The Kier molecular flexibility index (Phi) is 4.09. The number of methoxy groups -OCH3 is 1. The van der Waals surface area contributed by atoms with Gasteiger partial charge in [0, 0.05) is 30.9 Å². The quantitative estimate of drug-likeness (QED) is 0.929. The van der Waals surface area contributed by atoms with Crippen molar-refractivity contribution in [3.63, 3.8) is 0 Å². The summed E-state index contributed by atoms with van der Waals surface area (Å²) in [6.45, 7) is 2.87. The van der Waals surface area contributed by atoms with E-state index < -0.39 is 6.10 Å². The van der Waals surface area contributed by atoms with Crippen LogP contribution in [-0.2, 0) is 4.74 Å². The van der Waals surface area contributed by atoms with E-state index in [9.17, 15) is 5.11 Å². The van der Waals surface area contributed by atoms with Crippen LogP contribution in [0.15, 0.2) is 18.2 Å². The maximum absolute atomic E-state index is 10.5. The zero-order chi connectivity index (χ0) is 14.9. The number of aliphatic hydroxyl groups excluding tert-OH is 1. The van der Waals surface area contributed by atoms with Crippen molar-refractivity contribution in [3.05, 3.63) is 23.8 Å². The predicted molar refractivity (Wildman–Crippen MR) is 79.8 cm³/mol. The van der Waals surface area contributed by atoms with Gasteiger partial charge in [-0.1, -0.05) is 13.3 Å². The molecule has 0 bridgehead atoms. The number of hydrogen-bond donors (Lipinski definition) is 1. The Hall–Kier alpha value is -1.26. The van der Waals surface area contributed by atoms with Gasteiger partial charge in [0.1, 0.15) is 17.1 Å². The Morgan fingerprint density at radius 1 is 1.38 bits per heavy atom. The number of ether oxygens (including phenoxy) is 3. The Bertz CT molecular complexity index is 500. The van der Waals surface area contributed by atoms with Crippen molar-refractivity contribution in [1.29, 1.82) is 0 Å². The van der Waals surface area contributed by atoms with Crippen LogP contribution in [0, 0.1) is 0 Å². The van der Waals surface area contributed by atoms with Gasteiger partial charge in [-0.3, -0.25) is 0 Å². The van der Waals surface area contributed by atoms with Gasteiger partial charge < -0.3 is 19.3 Å². The van der Waals surface area contributed by atoms with Gasteiger partial charge in [0.2, 0.25) is 0 Å². The molecule has 3 rings (SSSR count). The summed E-state index contributed by atoms with van der Waals surface area (Å²) in [6.07, 6.45) is 4.26. The molecule has 1 spiro atoms. The van der Waals surface area contributed by atoms with Crippen molar-refractivity contribution < 1.29 is 19.3 Å². The summed E-state index contributed by atoms with van der Waals surface area (Å²) < 4.78 is 17.4. The second kappa shape index (κ2) is 5.85. The fourth-order valence-corrected chi connectivity index (χ4v) is 3.52. The number of benzene rings is 1. The zero-order valence-corrected chi connectivity index (χ0v) is 12.8. The molecule has 1 aromatic carbocycles. The monoisotopic (exact) mass is 292 g/mol. The molecular weight excluding hydrogens is 268 g/mol. The molecular formula is C17H24O4. The van der Waals surface area contributed by atoms with Gasteiger partial charge in [-0.2, -0.15) is 0 Å². The Morgan fingerprint density at radius 3 is 3.00 bits per heavy atom. The van der Waals surface area contributed by atoms with Gasteiger partial charge >= 0.3 is 0 Å². The summed E-state index contributed by atoms with van der Waals surface area (Å²) >= 11 is 0. The van der Waals surface area contributed by atoms with Gasteiger partial charge in [-0.25, -0.2) is 0 Å². The first-order valence-electron chi connectivity index (χ1n) is 7.82. The molecule has 4 heteroatoms. The molecule has 1 N–H and O–H groups in total. The molecule has 21 heavy (non-hydrogen) atoms. The molecule has 1 aromatic rings. The van der Waals surface area contributed by atoms with Gasteiger partial charge in [0.15, 0.2) is 0 Å². The van der Waals surface area contributed by atoms with E-state index in [1.807, 2.05) is 18.2 Å². The zero-order valence-electron chi connectivity index (χ0n) is 12.8. The highest BCUT2D eigenvalue weighted by Crippen LogP contribution is 2.46. The Morgan fingerprint density at radius 2 is 2.24 bits per heavy atom. The van der Waals surface area contributed by atoms with E-state index in [1.54, 1.807) is 7.11 Å². The average molecular weight is 292 g/mol. The summed E-state index contributed by atoms with van der Waals surface area (Å²) in [4.78, 5) is 0. The molecule has 0 radical (unpaired) electrons. The third-order valence-corrected chi connectivity index (χ3v) is 4.59. The van der Waals surface area contributed by atoms with Crippen LogP contribution in [0.25, 0.3) is 0 Å². The second-order valence-corrected chi connectivity index (χ2v) is 6.14. The van der Waals surface area contributed by atoms with Gasteiger partial charge in [-0.05, 0) is 18.6 Å². The molecule has 0 amide bonds. The van der Waals surface area contributed by atoms with Crippen LogP contribution in [0.2, 0.25) is 0 Å². The smallest absolute Gasteiger partial charge is 0.129 e. The molecule has 1 saturated heterocycles. The van der Waals surface area contributed by atoms with Gasteiger partial charge in [0.25, 0.3) is 0 Å². The molecule has 0 aromatic heterocycles. The number of rotatable bonds is 3. The highest BCUT2D eigenvalue weighted by molar-refractivity contribution is 5.44. The summed E-state index contributed by atoms with van der Waals surface area (Å²) in [6, 6.07) is 5.64. The highest BCUT2D eigenvalue weighted by Gasteiger charge is 2.44. The van der Waals surface area contributed by atoms with Gasteiger partial charge in [0.05, 0.1) is 25.9 Å². The third-order valence-electron chi connectivity index (χ3n) is 4.59. The number of hydrogen-bond acceptors (Lipinski definition) is 4. The fourth-order valence-electron chi connectivity index (χ4n) is 3.52. The van der Waals surface area contributed by atoms with E-state index in [0.29, 0.717) is 13.0 Å². The molecule has 0 saturated carbocycles. The summed E-state index contributed by atoms with van der Waals surface area (Å²) in [5.41, 5.74) is 0.566. The SMILES string of the molecule is CCCC1CC2(CCO1)C[C@@H](O)c1ccc(OC)cc1O2. The molecule has 2 aliphatic heterocycles. The molecule has 2 heterocycles. The largest absolute Gasteiger partial charge is 0.497 e. The van der Waals surface area contributed by atoms with Gasteiger partial charge in [-0.15, -0.1) is 0 Å². The molecule has 116 valence electrons. The van der Waals surface area contributed by atoms with Crippen LogP contribution in [-0.4, -0.2) is 30.5 Å². The molecule has 1 fully saturated rings. The van der Waals surface area contributed by atoms with Crippen LogP contribution in [0.4, 0.5) is 0 Å². The Balaban J connectivity index is 1.85. The van der Waals surface area contributed by atoms with E-state index in [2.05, 4.69) is 6.92 Å². The molecule has 4 nitrogen and oxygen atoms in total. The lowest BCUT2D eigenvalue weighted by molar-refractivity contribution is -0.118. The minimum absolute atomic E-state index is 0.239.